The first kappa shape index (κ1) is 20.2. The lowest BCUT2D eigenvalue weighted by Crippen LogP contribution is -2.45. The van der Waals surface area contributed by atoms with Crippen molar-refractivity contribution >= 4 is 19.9 Å². The second-order valence-electron chi connectivity index (χ2n) is 6.45. The normalized spacial score (nSPS) is 18.0. The first-order valence-electron chi connectivity index (χ1n) is 8.29. The summed E-state index contributed by atoms with van der Waals surface area (Å²) in [5.74, 6) is 0.289. The van der Waals surface area contributed by atoms with E-state index in [2.05, 4.69) is 4.72 Å². The van der Waals surface area contributed by atoms with E-state index < -0.39 is 19.9 Å². The Balaban J connectivity index is 2.37. The van der Waals surface area contributed by atoms with E-state index in [1.807, 2.05) is 0 Å². The number of nitrogens with two attached hydrogens (primary N) is 1. The summed E-state index contributed by atoms with van der Waals surface area (Å²) in [5, 5.41) is 0. The lowest BCUT2D eigenvalue weighted by Gasteiger charge is -2.30. The molecular formula is C16H26N2O5S2. The van der Waals surface area contributed by atoms with Gasteiger partial charge in [-0.25, -0.2) is 21.6 Å². The van der Waals surface area contributed by atoms with Crippen molar-refractivity contribution in [2.24, 2.45) is 11.7 Å². The quantitative estimate of drug-likeness (QED) is 0.725. The predicted molar refractivity (Wildman–Crippen MR) is 95.8 cm³/mol. The highest BCUT2D eigenvalue weighted by Gasteiger charge is 2.29. The molecule has 0 aliphatic heterocycles. The van der Waals surface area contributed by atoms with Crippen LogP contribution in [0.4, 0.5) is 0 Å². The van der Waals surface area contributed by atoms with E-state index in [9.17, 15) is 16.8 Å². The van der Waals surface area contributed by atoms with Gasteiger partial charge in [0.1, 0.15) is 10.6 Å². The second kappa shape index (κ2) is 8.03. The van der Waals surface area contributed by atoms with Gasteiger partial charge in [0.05, 0.1) is 12.0 Å². The standard InChI is InChI=1S/C16H26N2O5S2/c1-23-15-9-8-13(24(2,19)20)10-16(15)25(21,22)18-14(11-17)12-6-4-3-5-7-12/h8-10,12,14,18H,3-7,11,17H2,1-2H3. The SMILES string of the molecule is COc1ccc(S(C)(=O)=O)cc1S(=O)(=O)NC(CN)C1CCCCC1. The molecule has 0 bridgehead atoms. The Morgan fingerprint density at radius 2 is 1.84 bits per heavy atom. The van der Waals surface area contributed by atoms with E-state index in [0.717, 1.165) is 44.4 Å². The Morgan fingerprint density at radius 1 is 1.20 bits per heavy atom. The Labute approximate surface area is 149 Å². The first-order valence-corrected chi connectivity index (χ1v) is 11.7. The van der Waals surface area contributed by atoms with Gasteiger partial charge in [0.25, 0.3) is 0 Å². The Kier molecular flexibility index (Phi) is 6.47. The maximum atomic E-state index is 12.9. The monoisotopic (exact) mass is 390 g/mol. The summed E-state index contributed by atoms with van der Waals surface area (Å²) in [6.45, 7) is 0.192. The topological polar surface area (TPSA) is 116 Å². The average molecular weight is 391 g/mol. The summed E-state index contributed by atoms with van der Waals surface area (Å²) < 4.78 is 57.0. The van der Waals surface area contributed by atoms with Gasteiger partial charge in [-0.15, -0.1) is 0 Å². The summed E-state index contributed by atoms with van der Waals surface area (Å²) in [5.41, 5.74) is 5.80. The largest absolute Gasteiger partial charge is 0.495 e. The van der Waals surface area contributed by atoms with Crippen molar-refractivity contribution in [3.8, 4) is 5.75 Å². The van der Waals surface area contributed by atoms with Crippen molar-refractivity contribution in [2.45, 2.75) is 47.9 Å². The highest BCUT2D eigenvalue weighted by molar-refractivity contribution is 7.91. The zero-order valence-corrected chi connectivity index (χ0v) is 16.2. The molecule has 0 aromatic heterocycles. The number of nitrogens with one attached hydrogen (secondary N) is 1. The number of hydrogen-bond acceptors (Lipinski definition) is 6. The molecule has 0 radical (unpaired) electrons. The van der Waals surface area contributed by atoms with Gasteiger partial charge >= 0.3 is 0 Å². The van der Waals surface area contributed by atoms with E-state index in [1.165, 1.54) is 19.2 Å². The third kappa shape index (κ3) is 4.93. The molecule has 1 aromatic rings. The second-order valence-corrected chi connectivity index (χ2v) is 10.1. The molecule has 0 heterocycles. The van der Waals surface area contributed by atoms with Gasteiger partial charge in [0.15, 0.2) is 9.84 Å². The van der Waals surface area contributed by atoms with Crippen LogP contribution in [-0.2, 0) is 19.9 Å². The van der Waals surface area contributed by atoms with Crippen molar-refractivity contribution in [1.82, 2.24) is 4.72 Å². The third-order valence-electron chi connectivity index (χ3n) is 4.63. The summed E-state index contributed by atoms with van der Waals surface area (Å²) in [6.07, 6.45) is 6.19. The number of rotatable bonds is 7. The van der Waals surface area contributed by atoms with Crippen LogP contribution in [0.1, 0.15) is 32.1 Å². The zero-order chi connectivity index (χ0) is 18.7. The van der Waals surface area contributed by atoms with E-state index >= 15 is 0 Å². The van der Waals surface area contributed by atoms with Crippen molar-refractivity contribution in [2.75, 3.05) is 19.9 Å². The number of hydrogen-bond donors (Lipinski definition) is 2. The molecule has 1 fully saturated rings. The van der Waals surface area contributed by atoms with Gasteiger partial charge < -0.3 is 10.5 Å². The van der Waals surface area contributed by atoms with Gasteiger partial charge in [0, 0.05) is 18.8 Å². The molecule has 9 heteroatoms. The third-order valence-corrected chi connectivity index (χ3v) is 7.25. The van der Waals surface area contributed by atoms with Crippen LogP contribution in [-0.4, -0.2) is 42.8 Å². The molecule has 142 valence electrons. The van der Waals surface area contributed by atoms with Crippen LogP contribution < -0.4 is 15.2 Å². The molecule has 1 atom stereocenters. The minimum Gasteiger partial charge on any atom is -0.495 e. The fourth-order valence-corrected chi connectivity index (χ4v) is 5.47. The van der Waals surface area contributed by atoms with Crippen LogP contribution in [0.5, 0.6) is 5.75 Å². The van der Waals surface area contributed by atoms with Crippen LogP contribution in [0, 0.1) is 5.92 Å². The van der Waals surface area contributed by atoms with Crippen LogP contribution in [0.25, 0.3) is 0 Å². The Hall–Kier alpha value is -1.16. The van der Waals surface area contributed by atoms with Crippen molar-refractivity contribution < 1.29 is 21.6 Å². The highest BCUT2D eigenvalue weighted by Crippen LogP contribution is 2.30. The van der Waals surface area contributed by atoms with Crippen LogP contribution >= 0.6 is 0 Å². The summed E-state index contributed by atoms with van der Waals surface area (Å²) in [7, 11) is -6.16. The maximum Gasteiger partial charge on any atom is 0.244 e. The van der Waals surface area contributed by atoms with Gasteiger partial charge in [-0.2, -0.15) is 0 Å². The molecule has 1 aliphatic carbocycles. The molecule has 25 heavy (non-hydrogen) atoms. The fraction of sp³-hybridized carbons (Fsp3) is 0.625. The van der Waals surface area contributed by atoms with Gasteiger partial charge in [-0.05, 0) is 37.0 Å². The van der Waals surface area contributed by atoms with Gasteiger partial charge in [0.2, 0.25) is 10.0 Å². The average Bonchev–Trinajstić information content (AvgIpc) is 2.59. The van der Waals surface area contributed by atoms with Crippen LogP contribution in [0.15, 0.2) is 28.0 Å². The van der Waals surface area contributed by atoms with Gasteiger partial charge in [-0.1, -0.05) is 19.3 Å². The molecular weight excluding hydrogens is 364 g/mol. The number of sulfone groups is 1. The number of methoxy groups -OCH3 is 1. The molecule has 1 aromatic carbocycles. The minimum atomic E-state index is -3.97. The molecule has 0 saturated heterocycles. The van der Waals surface area contributed by atoms with E-state index in [1.54, 1.807) is 0 Å². The Morgan fingerprint density at radius 3 is 2.36 bits per heavy atom. The summed E-state index contributed by atoms with van der Waals surface area (Å²) in [6, 6.07) is 3.43. The molecule has 7 nitrogen and oxygen atoms in total. The number of benzene rings is 1. The molecule has 2 rings (SSSR count). The smallest absolute Gasteiger partial charge is 0.244 e. The van der Waals surface area contributed by atoms with Crippen molar-refractivity contribution in [3.05, 3.63) is 18.2 Å². The van der Waals surface area contributed by atoms with Crippen LogP contribution in [0.2, 0.25) is 0 Å². The van der Waals surface area contributed by atoms with Crippen molar-refractivity contribution in [3.63, 3.8) is 0 Å². The molecule has 0 amide bonds. The number of sulfonamides is 1. The minimum absolute atomic E-state index is 0.0735. The highest BCUT2D eigenvalue weighted by atomic mass is 32.2. The van der Waals surface area contributed by atoms with E-state index in [-0.39, 0.29) is 34.0 Å². The van der Waals surface area contributed by atoms with Gasteiger partial charge in [-0.3, -0.25) is 0 Å². The molecule has 1 aliphatic rings. The Bertz CT molecular complexity index is 800. The maximum absolute atomic E-state index is 12.9. The molecule has 1 saturated carbocycles. The van der Waals surface area contributed by atoms with E-state index in [0.29, 0.717) is 0 Å². The van der Waals surface area contributed by atoms with Crippen LogP contribution in [0.3, 0.4) is 0 Å². The molecule has 1 unspecified atom stereocenters. The summed E-state index contributed by atoms with van der Waals surface area (Å²) >= 11 is 0. The summed E-state index contributed by atoms with van der Waals surface area (Å²) in [4.78, 5) is -0.261. The van der Waals surface area contributed by atoms with E-state index in [4.69, 9.17) is 10.5 Å². The molecule has 3 N–H and O–H groups in total. The molecule has 0 spiro atoms. The fourth-order valence-electron chi connectivity index (χ4n) is 3.23. The lowest BCUT2D eigenvalue weighted by atomic mass is 9.84. The first-order chi connectivity index (χ1) is 11.7. The lowest BCUT2D eigenvalue weighted by molar-refractivity contribution is 0.294. The zero-order valence-electron chi connectivity index (χ0n) is 14.6. The number of ether oxygens (including phenoxy) is 1. The van der Waals surface area contributed by atoms with Crippen molar-refractivity contribution in [1.29, 1.82) is 0 Å². The predicted octanol–water partition coefficient (Wildman–Crippen LogP) is 1.28.